The van der Waals surface area contributed by atoms with Gasteiger partial charge in [0, 0.05) is 6.42 Å². The molecule has 13 heavy (non-hydrogen) atoms. The molecule has 0 spiro atoms. The molecule has 0 aromatic carbocycles. The van der Waals surface area contributed by atoms with E-state index in [1.54, 1.807) is 0 Å². The Bertz CT molecular complexity index is 129. The fourth-order valence-electron chi connectivity index (χ4n) is 1.41. The number of unbranched alkanes of at least 4 members (excludes halogenated alkanes) is 5. The Kier molecular flexibility index (Phi) is 9.32. The molecule has 2 radical (unpaired) electrons. The molecule has 0 aliphatic carbocycles. The maximum atomic E-state index is 5.20. The Hall–Kier alpha value is -0.440. The van der Waals surface area contributed by atoms with E-state index in [0.717, 1.165) is 12.8 Å². The summed E-state index contributed by atoms with van der Waals surface area (Å²) in [7, 11) is 0. The van der Waals surface area contributed by atoms with Crippen LogP contribution in [0.15, 0.2) is 0 Å². The molecule has 0 aliphatic rings. The summed E-state index contributed by atoms with van der Waals surface area (Å²) in [6, 6.07) is 0. The van der Waals surface area contributed by atoms with Gasteiger partial charge in [-0.05, 0) is 19.3 Å². The van der Waals surface area contributed by atoms with Gasteiger partial charge in [-0.15, -0.1) is 12.3 Å². The molecule has 0 saturated heterocycles. The second-order valence-electron chi connectivity index (χ2n) is 3.68. The molecule has 0 bridgehead atoms. The van der Waals surface area contributed by atoms with Gasteiger partial charge in [-0.1, -0.05) is 45.4 Å². The van der Waals surface area contributed by atoms with Crippen LogP contribution >= 0.6 is 0 Å². The summed E-state index contributed by atoms with van der Waals surface area (Å²) in [4.78, 5) is 0. The monoisotopic (exact) mass is 178 g/mol. The van der Waals surface area contributed by atoms with E-state index in [1.807, 2.05) is 0 Å². The Morgan fingerprint density at radius 3 is 2.31 bits per heavy atom. The maximum Gasteiger partial charge on any atom is 0.0114 e. The highest BCUT2D eigenvalue weighted by Crippen LogP contribution is 2.13. The number of terminal acetylenes is 1. The van der Waals surface area contributed by atoms with Crippen molar-refractivity contribution in [2.75, 3.05) is 0 Å². The Morgan fingerprint density at radius 2 is 1.69 bits per heavy atom. The molecule has 0 heterocycles. The molecule has 0 amide bonds. The van der Waals surface area contributed by atoms with E-state index >= 15 is 0 Å². The smallest absolute Gasteiger partial charge is 0.0114 e. The SMILES string of the molecule is C#CCC([CH2])CCCCCCC[CH2]. The minimum Gasteiger partial charge on any atom is -0.120 e. The Morgan fingerprint density at radius 1 is 1.08 bits per heavy atom. The van der Waals surface area contributed by atoms with Gasteiger partial charge in [0.2, 0.25) is 0 Å². The van der Waals surface area contributed by atoms with E-state index in [0.29, 0.717) is 5.92 Å². The van der Waals surface area contributed by atoms with Crippen LogP contribution in [0.25, 0.3) is 0 Å². The quantitative estimate of drug-likeness (QED) is 0.389. The summed E-state index contributed by atoms with van der Waals surface area (Å²) in [6.07, 6.45) is 14.9. The number of hydrogen-bond acceptors (Lipinski definition) is 0. The predicted molar refractivity (Wildman–Crippen MR) is 60.0 cm³/mol. The third-order valence-electron chi connectivity index (χ3n) is 2.27. The summed E-state index contributed by atoms with van der Waals surface area (Å²) < 4.78 is 0. The highest BCUT2D eigenvalue weighted by molar-refractivity contribution is 4.87. The molecule has 0 heteroatoms. The van der Waals surface area contributed by atoms with Crippen molar-refractivity contribution in [1.82, 2.24) is 0 Å². The topological polar surface area (TPSA) is 0 Å². The van der Waals surface area contributed by atoms with Crippen molar-refractivity contribution >= 4 is 0 Å². The largest absolute Gasteiger partial charge is 0.120 e. The van der Waals surface area contributed by atoms with Gasteiger partial charge < -0.3 is 0 Å². The molecular formula is C13H22. The van der Waals surface area contributed by atoms with Gasteiger partial charge in [0.25, 0.3) is 0 Å². The first-order chi connectivity index (χ1) is 6.31. The standard InChI is InChI=1S/C13H22/c1-4-6-7-8-9-10-12-13(3)11-5-2/h2,13H,1,3-4,6-12H2. The predicted octanol–water partition coefficient (Wildman–Crippen LogP) is 4.02. The van der Waals surface area contributed by atoms with E-state index in [9.17, 15) is 0 Å². The normalized spacial score (nSPS) is 12.4. The molecule has 0 aromatic heterocycles. The van der Waals surface area contributed by atoms with E-state index < -0.39 is 0 Å². The van der Waals surface area contributed by atoms with Crippen molar-refractivity contribution in [3.05, 3.63) is 13.8 Å². The fraction of sp³-hybridized carbons (Fsp3) is 0.692. The van der Waals surface area contributed by atoms with Gasteiger partial charge in [-0.3, -0.25) is 0 Å². The minimum atomic E-state index is 0.470. The van der Waals surface area contributed by atoms with Crippen LogP contribution < -0.4 is 0 Å². The van der Waals surface area contributed by atoms with Crippen LogP contribution in [0.5, 0.6) is 0 Å². The average Bonchev–Trinajstić information content (AvgIpc) is 2.11. The summed E-state index contributed by atoms with van der Waals surface area (Å²) >= 11 is 0. The molecule has 0 nitrogen and oxygen atoms in total. The van der Waals surface area contributed by atoms with Gasteiger partial charge in [-0.2, -0.15) is 0 Å². The second kappa shape index (κ2) is 9.65. The van der Waals surface area contributed by atoms with Crippen LogP contribution in [0.3, 0.4) is 0 Å². The molecule has 0 aliphatic heterocycles. The van der Waals surface area contributed by atoms with Gasteiger partial charge in [0.15, 0.2) is 0 Å². The molecule has 74 valence electrons. The molecule has 1 unspecified atom stereocenters. The first-order valence-electron chi connectivity index (χ1n) is 5.37. The average molecular weight is 178 g/mol. The Balaban J connectivity index is 3.03. The molecule has 0 fully saturated rings. The highest BCUT2D eigenvalue weighted by Gasteiger charge is 1.98. The number of rotatable bonds is 8. The first kappa shape index (κ1) is 12.6. The molecule has 1 atom stereocenters. The number of hydrogen-bond donors (Lipinski definition) is 0. The van der Waals surface area contributed by atoms with Gasteiger partial charge in [-0.25, -0.2) is 0 Å². The van der Waals surface area contributed by atoms with Crippen LogP contribution in [0, 0.1) is 32.1 Å². The van der Waals surface area contributed by atoms with Crippen molar-refractivity contribution in [2.45, 2.75) is 51.4 Å². The zero-order valence-corrected chi connectivity index (χ0v) is 8.73. The zero-order chi connectivity index (χ0) is 9.94. The zero-order valence-electron chi connectivity index (χ0n) is 8.73. The lowest BCUT2D eigenvalue weighted by Crippen LogP contribution is -1.93. The lowest BCUT2D eigenvalue weighted by molar-refractivity contribution is 0.526. The third-order valence-corrected chi connectivity index (χ3v) is 2.27. The van der Waals surface area contributed by atoms with Crippen molar-refractivity contribution in [3.63, 3.8) is 0 Å². The lowest BCUT2D eigenvalue weighted by atomic mass is 9.99. The first-order valence-corrected chi connectivity index (χ1v) is 5.37. The second-order valence-corrected chi connectivity index (χ2v) is 3.68. The van der Waals surface area contributed by atoms with E-state index in [4.69, 9.17) is 6.42 Å². The van der Waals surface area contributed by atoms with E-state index in [1.165, 1.54) is 38.5 Å². The van der Waals surface area contributed by atoms with Crippen molar-refractivity contribution in [1.29, 1.82) is 0 Å². The molecule has 0 rings (SSSR count). The summed E-state index contributed by atoms with van der Waals surface area (Å²) in [6.45, 7) is 7.83. The van der Waals surface area contributed by atoms with Crippen molar-refractivity contribution < 1.29 is 0 Å². The van der Waals surface area contributed by atoms with Gasteiger partial charge in [0.05, 0.1) is 0 Å². The summed E-state index contributed by atoms with van der Waals surface area (Å²) in [5.74, 6) is 3.13. The van der Waals surface area contributed by atoms with E-state index in [-0.39, 0.29) is 0 Å². The summed E-state index contributed by atoms with van der Waals surface area (Å²) in [5.41, 5.74) is 0. The maximum absolute atomic E-state index is 5.20. The summed E-state index contributed by atoms with van der Waals surface area (Å²) in [5, 5.41) is 0. The fourth-order valence-corrected chi connectivity index (χ4v) is 1.41. The Labute approximate surface area is 84.1 Å². The molecular weight excluding hydrogens is 156 g/mol. The highest BCUT2D eigenvalue weighted by atomic mass is 14.0. The van der Waals surface area contributed by atoms with Crippen molar-refractivity contribution in [3.8, 4) is 12.3 Å². The van der Waals surface area contributed by atoms with Crippen LogP contribution in [0.1, 0.15) is 51.4 Å². The molecule has 0 N–H and O–H groups in total. The van der Waals surface area contributed by atoms with Crippen molar-refractivity contribution in [2.24, 2.45) is 5.92 Å². The molecule has 0 aromatic rings. The van der Waals surface area contributed by atoms with E-state index in [2.05, 4.69) is 19.8 Å². The van der Waals surface area contributed by atoms with Crippen LogP contribution in [-0.4, -0.2) is 0 Å². The van der Waals surface area contributed by atoms with Gasteiger partial charge >= 0.3 is 0 Å². The minimum absolute atomic E-state index is 0.470. The van der Waals surface area contributed by atoms with Crippen LogP contribution in [0.2, 0.25) is 0 Å². The van der Waals surface area contributed by atoms with Crippen LogP contribution in [-0.2, 0) is 0 Å². The lowest BCUT2D eigenvalue weighted by Gasteiger charge is -2.06. The third kappa shape index (κ3) is 9.47. The molecule has 0 saturated carbocycles. The van der Waals surface area contributed by atoms with Crippen LogP contribution in [0.4, 0.5) is 0 Å². The van der Waals surface area contributed by atoms with Gasteiger partial charge in [0.1, 0.15) is 0 Å².